The summed E-state index contributed by atoms with van der Waals surface area (Å²) in [6.45, 7) is 4.94. The van der Waals surface area contributed by atoms with Crippen LogP contribution in [0.15, 0.2) is 59.1 Å². The molecule has 0 saturated carbocycles. The first-order chi connectivity index (χ1) is 14.6. The summed E-state index contributed by atoms with van der Waals surface area (Å²) in [6, 6.07) is 17.4. The van der Waals surface area contributed by atoms with Crippen molar-refractivity contribution in [2.24, 2.45) is 0 Å². The summed E-state index contributed by atoms with van der Waals surface area (Å²) in [4.78, 5) is 14.4. The molecule has 0 unspecified atom stereocenters. The number of benzene rings is 2. The molecule has 1 amide bonds. The van der Waals surface area contributed by atoms with Crippen LogP contribution in [0.25, 0.3) is 11.3 Å². The number of carbonyl (C=O) groups is 1. The molecule has 1 aliphatic rings. The molecular weight excluding hydrogens is 384 g/mol. The van der Waals surface area contributed by atoms with Crippen molar-refractivity contribution in [2.45, 2.75) is 33.0 Å². The van der Waals surface area contributed by atoms with Crippen LogP contribution in [0, 0.1) is 0 Å². The predicted octanol–water partition coefficient (Wildman–Crippen LogP) is 4.02. The third-order valence-electron chi connectivity index (χ3n) is 4.83. The smallest absolute Gasteiger partial charge is 0.249 e. The fourth-order valence-corrected chi connectivity index (χ4v) is 3.23. The van der Waals surface area contributed by atoms with E-state index in [9.17, 15) is 4.79 Å². The Hall–Kier alpha value is -3.32. The van der Waals surface area contributed by atoms with E-state index in [2.05, 4.69) is 5.16 Å². The predicted molar refractivity (Wildman–Crippen MR) is 110 cm³/mol. The summed E-state index contributed by atoms with van der Waals surface area (Å²) in [5.74, 6) is 1.93. The van der Waals surface area contributed by atoms with E-state index in [1.165, 1.54) is 0 Å². The maximum Gasteiger partial charge on any atom is 0.249 e. The van der Waals surface area contributed by atoms with Crippen LogP contribution in [0.5, 0.6) is 11.5 Å². The SMILES string of the molecule is CC(C)N(Cc1ccccc1)C(=O)COCc1cc(-c2ccc3c(c2)OCO3)on1. The van der Waals surface area contributed by atoms with Crippen molar-refractivity contribution in [1.82, 2.24) is 10.1 Å². The molecule has 1 aliphatic heterocycles. The summed E-state index contributed by atoms with van der Waals surface area (Å²) < 4.78 is 21.7. The topological polar surface area (TPSA) is 74.0 Å². The van der Waals surface area contributed by atoms with Crippen molar-refractivity contribution in [3.63, 3.8) is 0 Å². The molecule has 7 nitrogen and oxygen atoms in total. The fraction of sp³-hybridized carbons (Fsp3) is 0.304. The molecule has 30 heavy (non-hydrogen) atoms. The van der Waals surface area contributed by atoms with E-state index in [0.717, 1.165) is 11.1 Å². The average Bonchev–Trinajstić information content (AvgIpc) is 3.41. The van der Waals surface area contributed by atoms with E-state index >= 15 is 0 Å². The Labute approximate surface area is 175 Å². The van der Waals surface area contributed by atoms with Crippen LogP contribution in [0.4, 0.5) is 0 Å². The summed E-state index contributed by atoms with van der Waals surface area (Å²) in [5, 5.41) is 4.03. The van der Waals surface area contributed by atoms with Gasteiger partial charge in [-0.15, -0.1) is 0 Å². The normalized spacial score (nSPS) is 12.4. The molecule has 0 radical (unpaired) electrons. The monoisotopic (exact) mass is 408 g/mol. The van der Waals surface area contributed by atoms with Gasteiger partial charge in [-0.2, -0.15) is 0 Å². The van der Waals surface area contributed by atoms with Crippen molar-refractivity contribution in [3.8, 4) is 22.8 Å². The summed E-state index contributed by atoms with van der Waals surface area (Å²) in [6.07, 6.45) is 0. The van der Waals surface area contributed by atoms with Crippen molar-refractivity contribution in [2.75, 3.05) is 13.4 Å². The lowest BCUT2D eigenvalue weighted by Gasteiger charge is -2.26. The third kappa shape index (κ3) is 4.63. The van der Waals surface area contributed by atoms with Crippen molar-refractivity contribution >= 4 is 5.91 Å². The maximum absolute atomic E-state index is 12.6. The lowest BCUT2D eigenvalue weighted by atomic mass is 10.1. The van der Waals surface area contributed by atoms with Crippen LogP contribution >= 0.6 is 0 Å². The zero-order valence-corrected chi connectivity index (χ0v) is 17.0. The van der Waals surface area contributed by atoms with Gasteiger partial charge in [-0.25, -0.2) is 0 Å². The Morgan fingerprint density at radius 1 is 1.10 bits per heavy atom. The minimum absolute atomic E-state index is 0.0166. The Bertz CT molecular complexity index is 1000. The minimum Gasteiger partial charge on any atom is -0.454 e. The van der Waals surface area contributed by atoms with Gasteiger partial charge in [0.1, 0.15) is 12.3 Å². The van der Waals surface area contributed by atoms with Crippen molar-refractivity contribution in [3.05, 3.63) is 65.9 Å². The standard InChI is InChI=1S/C23H24N2O5/c1-16(2)25(12-17-6-4-3-5-7-17)23(26)14-27-13-19-11-21(30-24-19)18-8-9-20-22(10-18)29-15-28-20/h3-11,16H,12-15H2,1-2H3. The molecule has 0 saturated heterocycles. The first-order valence-corrected chi connectivity index (χ1v) is 9.87. The third-order valence-corrected chi connectivity index (χ3v) is 4.83. The van der Waals surface area contributed by atoms with Gasteiger partial charge in [0.05, 0.1) is 6.61 Å². The Morgan fingerprint density at radius 2 is 1.90 bits per heavy atom. The fourth-order valence-electron chi connectivity index (χ4n) is 3.23. The van der Waals surface area contributed by atoms with E-state index in [1.54, 1.807) is 11.0 Å². The van der Waals surface area contributed by atoms with Crippen LogP contribution in [0.3, 0.4) is 0 Å². The molecule has 0 spiro atoms. The maximum atomic E-state index is 12.6. The highest BCUT2D eigenvalue weighted by Gasteiger charge is 2.19. The van der Waals surface area contributed by atoms with Crippen LogP contribution in [0.2, 0.25) is 0 Å². The second kappa shape index (κ2) is 9.00. The van der Waals surface area contributed by atoms with Crippen molar-refractivity contribution in [1.29, 1.82) is 0 Å². The molecule has 1 aromatic heterocycles. The van der Waals surface area contributed by atoms with E-state index < -0.39 is 0 Å². The van der Waals surface area contributed by atoms with E-state index in [0.29, 0.717) is 29.5 Å². The number of ether oxygens (including phenoxy) is 3. The molecule has 3 aromatic rings. The summed E-state index contributed by atoms with van der Waals surface area (Å²) >= 11 is 0. The summed E-state index contributed by atoms with van der Waals surface area (Å²) in [5.41, 5.74) is 2.54. The van der Waals surface area contributed by atoms with Gasteiger partial charge in [-0.3, -0.25) is 4.79 Å². The summed E-state index contributed by atoms with van der Waals surface area (Å²) in [7, 11) is 0. The van der Waals surface area contributed by atoms with Crippen LogP contribution in [-0.2, 0) is 22.7 Å². The zero-order valence-electron chi connectivity index (χ0n) is 17.0. The van der Waals surface area contributed by atoms with Gasteiger partial charge in [0.2, 0.25) is 12.7 Å². The molecular formula is C23H24N2O5. The number of hydrogen-bond donors (Lipinski definition) is 0. The molecule has 0 aliphatic carbocycles. The molecule has 156 valence electrons. The van der Waals surface area contributed by atoms with Crippen molar-refractivity contribution < 1.29 is 23.5 Å². The van der Waals surface area contributed by atoms with E-state index in [4.69, 9.17) is 18.7 Å². The molecule has 2 aromatic carbocycles. The molecule has 4 rings (SSSR count). The van der Waals surface area contributed by atoms with Crippen LogP contribution < -0.4 is 9.47 Å². The van der Waals surface area contributed by atoms with Gasteiger partial charge >= 0.3 is 0 Å². The number of hydrogen-bond acceptors (Lipinski definition) is 6. The quantitative estimate of drug-likeness (QED) is 0.560. The molecule has 0 atom stereocenters. The second-order valence-corrected chi connectivity index (χ2v) is 7.34. The van der Waals surface area contributed by atoms with Gasteiger partial charge in [-0.1, -0.05) is 35.5 Å². The van der Waals surface area contributed by atoms with E-state index in [1.807, 2.05) is 62.4 Å². The molecule has 7 heteroatoms. The van der Waals surface area contributed by atoms with Gasteiger partial charge in [-0.05, 0) is 37.6 Å². The minimum atomic E-state index is -0.0617. The lowest BCUT2D eigenvalue weighted by molar-refractivity contribution is -0.139. The number of fused-ring (bicyclic) bond motifs is 1. The van der Waals surface area contributed by atoms with Crippen LogP contribution in [-0.4, -0.2) is 35.4 Å². The number of amides is 1. The Kier molecular flexibility index (Phi) is 5.99. The Balaban J connectivity index is 1.32. The lowest BCUT2D eigenvalue weighted by Crippen LogP contribution is -2.38. The highest BCUT2D eigenvalue weighted by molar-refractivity contribution is 5.77. The number of nitrogens with zero attached hydrogens (tertiary/aromatic N) is 2. The first-order valence-electron chi connectivity index (χ1n) is 9.87. The average molecular weight is 408 g/mol. The molecule has 0 N–H and O–H groups in total. The number of rotatable bonds is 8. The van der Waals surface area contributed by atoms with Gasteiger partial charge < -0.3 is 23.6 Å². The second-order valence-electron chi connectivity index (χ2n) is 7.34. The molecule has 2 heterocycles. The number of carbonyl (C=O) groups excluding carboxylic acids is 1. The van der Waals surface area contributed by atoms with Crippen LogP contribution in [0.1, 0.15) is 25.1 Å². The van der Waals surface area contributed by atoms with Gasteiger partial charge in [0, 0.05) is 24.2 Å². The molecule has 0 bridgehead atoms. The van der Waals surface area contributed by atoms with E-state index in [-0.39, 0.29) is 32.0 Å². The van der Waals surface area contributed by atoms with Gasteiger partial charge in [0.15, 0.2) is 17.3 Å². The molecule has 0 fully saturated rings. The zero-order chi connectivity index (χ0) is 20.9. The van der Waals surface area contributed by atoms with Gasteiger partial charge in [0.25, 0.3) is 0 Å². The highest BCUT2D eigenvalue weighted by atomic mass is 16.7. The Morgan fingerprint density at radius 3 is 2.70 bits per heavy atom. The first kappa shape index (κ1) is 20.0. The number of aromatic nitrogens is 1. The largest absolute Gasteiger partial charge is 0.454 e. The highest BCUT2D eigenvalue weighted by Crippen LogP contribution is 2.36.